The zero-order valence-electron chi connectivity index (χ0n) is 13.1. The quantitative estimate of drug-likeness (QED) is 0.815. The molecule has 0 aromatic heterocycles. The molecule has 1 aromatic rings. The number of carbonyl (C=O) groups excluding carboxylic acids is 1. The molecule has 1 aromatic carbocycles. The molecule has 2 unspecified atom stereocenters. The van der Waals surface area contributed by atoms with Gasteiger partial charge in [-0.1, -0.05) is 43.1 Å². The Bertz CT molecular complexity index is 575. The van der Waals surface area contributed by atoms with Gasteiger partial charge in [0.25, 0.3) is 0 Å². The molecule has 0 aliphatic carbocycles. The number of hydrogen-bond donors (Lipinski definition) is 2. The van der Waals surface area contributed by atoms with Crippen molar-refractivity contribution in [2.24, 2.45) is 5.92 Å². The third kappa shape index (κ3) is 4.62. The molecule has 4 nitrogen and oxygen atoms in total. The van der Waals surface area contributed by atoms with Crippen LogP contribution in [0.15, 0.2) is 18.2 Å². The van der Waals surface area contributed by atoms with Crippen LogP contribution in [0, 0.1) is 5.92 Å². The lowest BCUT2D eigenvalue weighted by atomic mass is 9.84. The molecule has 2 atom stereocenters. The molecule has 1 amide bonds. The molecule has 0 aliphatic rings. The number of aliphatic carboxylic acids is 1. The van der Waals surface area contributed by atoms with E-state index in [1.54, 1.807) is 32.0 Å². The summed E-state index contributed by atoms with van der Waals surface area (Å²) in [5.41, 5.74) is -0.0822. The summed E-state index contributed by atoms with van der Waals surface area (Å²) >= 11 is 11.8. The van der Waals surface area contributed by atoms with E-state index >= 15 is 0 Å². The summed E-state index contributed by atoms with van der Waals surface area (Å²) in [6, 6.07) is 5.03. The van der Waals surface area contributed by atoms with Crippen molar-refractivity contribution in [3.63, 3.8) is 0 Å². The van der Waals surface area contributed by atoms with Crippen LogP contribution in [0.25, 0.3) is 0 Å². The molecule has 6 heteroatoms. The van der Waals surface area contributed by atoms with E-state index in [-0.39, 0.29) is 18.2 Å². The van der Waals surface area contributed by atoms with Crippen molar-refractivity contribution in [2.75, 3.05) is 0 Å². The second-order valence-corrected chi connectivity index (χ2v) is 6.84. The lowest BCUT2D eigenvalue weighted by Crippen LogP contribution is -2.52. The first-order valence-corrected chi connectivity index (χ1v) is 7.81. The van der Waals surface area contributed by atoms with Crippen molar-refractivity contribution in [1.29, 1.82) is 0 Å². The summed E-state index contributed by atoms with van der Waals surface area (Å²) in [6.45, 7) is 7.25. The number of benzene rings is 1. The summed E-state index contributed by atoms with van der Waals surface area (Å²) in [6.07, 6.45) is -0.134. The average Bonchev–Trinajstić information content (AvgIpc) is 2.39. The highest BCUT2D eigenvalue weighted by Crippen LogP contribution is 2.28. The first-order valence-electron chi connectivity index (χ1n) is 7.05. The van der Waals surface area contributed by atoms with Crippen LogP contribution in [-0.4, -0.2) is 22.5 Å². The van der Waals surface area contributed by atoms with Gasteiger partial charge < -0.3 is 10.4 Å². The van der Waals surface area contributed by atoms with Gasteiger partial charge in [0, 0.05) is 5.54 Å². The third-order valence-electron chi connectivity index (χ3n) is 4.04. The number of hydrogen-bond acceptors (Lipinski definition) is 2. The lowest BCUT2D eigenvalue weighted by Gasteiger charge is -2.34. The normalized spacial score (nSPS) is 15.2. The average molecular weight is 346 g/mol. The highest BCUT2D eigenvalue weighted by Gasteiger charge is 2.34. The lowest BCUT2D eigenvalue weighted by molar-refractivity contribution is -0.139. The fourth-order valence-corrected chi connectivity index (χ4v) is 2.34. The molecule has 0 fully saturated rings. The molecular formula is C16H21Cl2NO3. The zero-order valence-corrected chi connectivity index (χ0v) is 14.6. The van der Waals surface area contributed by atoms with Crippen molar-refractivity contribution in [1.82, 2.24) is 5.32 Å². The fourth-order valence-electron chi connectivity index (χ4n) is 2.03. The Hall–Kier alpha value is -1.26. The van der Waals surface area contributed by atoms with Crippen LogP contribution < -0.4 is 5.32 Å². The Kier molecular flexibility index (Phi) is 6.27. The molecular weight excluding hydrogens is 325 g/mol. The van der Waals surface area contributed by atoms with Crippen LogP contribution in [-0.2, 0) is 9.59 Å². The van der Waals surface area contributed by atoms with Gasteiger partial charge in [-0.05, 0) is 37.5 Å². The molecule has 0 spiro atoms. The van der Waals surface area contributed by atoms with Gasteiger partial charge in [0.05, 0.1) is 22.4 Å². The van der Waals surface area contributed by atoms with Gasteiger partial charge in [0.1, 0.15) is 0 Å². The maximum atomic E-state index is 12.5. The van der Waals surface area contributed by atoms with Crippen LogP contribution in [0.4, 0.5) is 0 Å². The van der Waals surface area contributed by atoms with E-state index in [4.69, 9.17) is 28.3 Å². The largest absolute Gasteiger partial charge is 0.481 e. The Morgan fingerprint density at radius 3 is 2.27 bits per heavy atom. The monoisotopic (exact) mass is 345 g/mol. The SMILES string of the molecule is CC(C(=O)NC(C)(CC(=O)O)C(C)C)c1ccc(Cl)c(Cl)c1. The molecule has 0 saturated carbocycles. The van der Waals surface area contributed by atoms with Crippen molar-refractivity contribution in [3.05, 3.63) is 33.8 Å². The van der Waals surface area contributed by atoms with Gasteiger partial charge in [-0.2, -0.15) is 0 Å². The predicted octanol–water partition coefficient (Wildman–Crippen LogP) is 4.10. The van der Waals surface area contributed by atoms with E-state index in [2.05, 4.69) is 5.32 Å². The van der Waals surface area contributed by atoms with Crippen LogP contribution in [0.1, 0.15) is 45.6 Å². The maximum absolute atomic E-state index is 12.5. The zero-order chi connectivity index (χ0) is 17.1. The minimum Gasteiger partial charge on any atom is -0.481 e. The number of amides is 1. The molecule has 0 bridgehead atoms. The van der Waals surface area contributed by atoms with Gasteiger partial charge in [0.15, 0.2) is 0 Å². The smallest absolute Gasteiger partial charge is 0.305 e. The Morgan fingerprint density at radius 1 is 1.23 bits per heavy atom. The number of rotatable bonds is 6. The summed E-state index contributed by atoms with van der Waals surface area (Å²) in [5, 5.41) is 12.7. The van der Waals surface area contributed by atoms with E-state index in [1.165, 1.54) is 0 Å². The van der Waals surface area contributed by atoms with Gasteiger partial charge in [-0.25, -0.2) is 0 Å². The predicted molar refractivity (Wildman–Crippen MR) is 88.5 cm³/mol. The highest BCUT2D eigenvalue weighted by atomic mass is 35.5. The van der Waals surface area contributed by atoms with Gasteiger partial charge in [0.2, 0.25) is 5.91 Å². The topological polar surface area (TPSA) is 66.4 Å². The first-order chi connectivity index (χ1) is 10.1. The van der Waals surface area contributed by atoms with Crippen LogP contribution in [0.5, 0.6) is 0 Å². The maximum Gasteiger partial charge on any atom is 0.305 e. The first kappa shape index (κ1) is 18.8. The number of nitrogens with one attached hydrogen (secondary N) is 1. The molecule has 2 N–H and O–H groups in total. The molecule has 0 saturated heterocycles. The summed E-state index contributed by atoms with van der Waals surface area (Å²) < 4.78 is 0. The van der Waals surface area contributed by atoms with Crippen molar-refractivity contribution in [3.8, 4) is 0 Å². The Balaban J connectivity index is 2.93. The van der Waals surface area contributed by atoms with Crippen LogP contribution in [0.2, 0.25) is 10.0 Å². The van der Waals surface area contributed by atoms with Crippen molar-refractivity contribution >= 4 is 35.1 Å². The number of carboxylic acids is 1. The minimum absolute atomic E-state index is 0.0199. The van der Waals surface area contributed by atoms with E-state index in [1.807, 2.05) is 13.8 Å². The molecule has 1 rings (SSSR count). The summed E-state index contributed by atoms with van der Waals surface area (Å²) in [5.74, 6) is -1.66. The minimum atomic E-state index is -0.946. The third-order valence-corrected chi connectivity index (χ3v) is 4.78. The second kappa shape index (κ2) is 7.34. The molecule has 122 valence electrons. The number of halogens is 2. The van der Waals surface area contributed by atoms with Crippen molar-refractivity contribution in [2.45, 2.75) is 45.6 Å². The summed E-state index contributed by atoms with van der Waals surface area (Å²) in [7, 11) is 0. The summed E-state index contributed by atoms with van der Waals surface area (Å²) in [4.78, 5) is 23.5. The van der Waals surface area contributed by atoms with E-state index in [0.29, 0.717) is 10.0 Å². The van der Waals surface area contributed by atoms with Gasteiger partial charge in [-0.3, -0.25) is 9.59 Å². The van der Waals surface area contributed by atoms with E-state index in [9.17, 15) is 9.59 Å². The highest BCUT2D eigenvalue weighted by molar-refractivity contribution is 6.42. The van der Waals surface area contributed by atoms with Crippen LogP contribution in [0.3, 0.4) is 0 Å². The second-order valence-electron chi connectivity index (χ2n) is 6.03. The molecule has 0 aliphatic heterocycles. The van der Waals surface area contributed by atoms with Crippen molar-refractivity contribution < 1.29 is 14.7 Å². The van der Waals surface area contributed by atoms with Gasteiger partial charge in [-0.15, -0.1) is 0 Å². The molecule has 22 heavy (non-hydrogen) atoms. The fraction of sp³-hybridized carbons (Fsp3) is 0.500. The Morgan fingerprint density at radius 2 is 1.82 bits per heavy atom. The number of carboxylic acid groups (broad SMARTS) is 1. The number of carbonyl (C=O) groups is 2. The van der Waals surface area contributed by atoms with Crippen LogP contribution >= 0.6 is 23.2 Å². The van der Waals surface area contributed by atoms with Gasteiger partial charge >= 0.3 is 5.97 Å². The van der Waals surface area contributed by atoms with E-state index in [0.717, 1.165) is 5.56 Å². The molecule has 0 heterocycles. The Labute approximate surface area is 140 Å². The standard InChI is InChI=1S/C16H21Cl2NO3/c1-9(2)16(4,8-14(20)21)19-15(22)10(3)11-5-6-12(17)13(18)7-11/h5-7,9-10H,8H2,1-4H3,(H,19,22)(H,20,21). The van der Waals surface area contributed by atoms with E-state index < -0.39 is 17.4 Å². The molecule has 0 radical (unpaired) electrons.